The Hall–Kier alpha value is -1.78. The van der Waals surface area contributed by atoms with Crippen LogP contribution < -0.4 is 4.74 Å². The highest BCUT2D eigenvalue weighted by molar-refractivity contribution is 6.35. The van der Waals surface area contributed by atoms with Crippen LogP contribution in [-0.4, -0.2) is 12.0 Å². The molecule has 0 heterocycles. The summed E-state index contributed by atoms with van der Waals surface area (Å²) in [4.78, 5) is 10.6. The first-order valence-corrected chi connectivity index (χ1v) is 6.06. The van der Waals surface area contributed by atoms with Crippen molar-refractivity contribution in [2.24, 2.45) is 0 Å². The summed E-state index contributed by atoms with van der Waals surface area (Å²) in [5, 5.41) is 11.9. The Morgan fingerprint density at radius 3 is 2.47 bits per heavy atom. The van der Waals surface area contributed by atoms with Crippen molar-refractivity contribution in [3.8, 4) is 16.9 Å². The molecule has 0 N–H and O–H groups in total. The Morgan fingerprint density at radius 1 is 1.11 bits per heavy atom. The van der Waals surface area contributed by atoms with E-state index in [-0.39, 0.29) is 5.69 Å². The fourth-order valence-corrected chi connectivity index (χ4v) is 2.11. The van der Waals surface area contributed by atoms with Crippen LogP contribution in [0.3, 0.4) is 0 Å². The van der Waals surface area contributed by atoms with Crippen LogP contribution in [0.1, 0.15) is 0 Å². The molecule has 0 radical (unpaired) electrons. The lowest BCUT2D eigenvalue weighted by Gasteiger charge is -2.08. The van der Waals surface area contributed by atoms with E-state index in [1.165, 1.54) is 19.2 Å². The summed E-state index contributed by atoms with van der Waals surface area (Å²) in [5.41, 5.74) is 0.821. The zero-order chi connectivity index (χ0) is 14.0. The Labute approximate surface area is 119 Å². The van der Waals surface area contributed by atoms with Gasteiger partial charge in [0.1, 0.15) is 5.75 Å². The number of methoxy groups -OCH3 is 1. The maximum Gasteiger partial charge on any atom is 0.277 e. The molecule has 0 aliphatic heterocycles. The molecule has 0 saturated carbocycles. The number of nitro benzene ring substituents is 1. The van der Waals surface area contributed by atoms with E-state index in [9.17, 15) is 10.1 Å². The molecule has 0 aliphatic carbocycles. The second kappa shape index (κ2) is 5.47. The Morgan fingerprint density at radius 2 is 1.84 bits per heavy atom. The van der Waals surface area contributed by atoms with E-state index in [1.54, 1.807) is 24.3 Å². The molecule has 0 aliphatic rings. The third-order valence-electron chi connectivity index (χ3n) is 2.62. The van der Waals surface area contributed by atoms with Crippen molar-refractivity contribution in [2.75, 3.05) is 7.11 Å². The van der Waals surface area contributed by atoms with Crippen LogP contribution >= 0.6 is 23.2 Å². The van der Waals surface area contributed by atoms with Gasteiger partial charge in [-0.2, -0.15) is 0 Å². The van der Waals surface area contributed by atoms with Crippen LogP contribution in [-0.2, 0) is 0 Å². The highest BCUT2D eigenvalue weighted by Gasteiger charge is 2.18. The molecule has 2 aromatic rings. The van der Waals surface area contributed by atoms with E-state index in [1.807, 2.05) is 0 Å². The molecule has 0 fully saturated rings. The first kappa shape index (κ1) is 13.6. The van der Waals surface area contributed by atoms with Crippen molar-refractivity contribution in [3.05, 3.63) is 56.6 Å². The fourth-order valence-electron chi connectivity index (χ4n) is 1.72. The van der Waals surface area contributed by atoms with Crippen molar-refractivity contribution in [3.63, 3.8) is 0 Å². The number of benzene rings is 2. The summed E-state index contributed by atoms with van der Waals surface area (Å²) in [6.07, 6.45) is 0. The first-order valence-electron chi connectivity index (χ1n) is 5.31. The summed E-state index contributed by atoms with van der Waals surface area (Å²) in [6.45, 7) is 0. The largest absolute Gasteiger partial charge is 0.497 e. The van der Waals surface area contributed by atoms with Crippen molar-refractivity contribution >= 4 is 28.9 Å². The Bertz CT molecular complexity index is 644. The van der Waals surface area contributed by atoms with Crippen molar-refractivity contribution in [2.45, 2.75) is 0 Å². The number of nitrogens with zero attached hydrogens (tertiary/aromatic N) is 1. The van der Waals surface area contributed by atoms with Gasteiger partial charge in [0.15, 0.2) is 0 Å². The van der Waals surface area contributed by atoms with E-state index < -0.39 is 4.92 Å². The second-order valence-corrected chi connectivity index (χ2v) is 4.61. The van der Waals surface area contributed by atoms with E-state index in [2.05, 4.69) is 0 Å². The van der Waals surface area contributed by atoms with Crippen LogP contribution in [0.2, 0.25) is 10.0 Å². The average molecular weight is 298 g/mol. The van der Waals surface area contributed by atoms with Crippen molar-refractivity contribution < 1.29 is 9.66 Å². The molecule has 98 valence electrons. The molecule has 19 heavy (non-hydrogen) atoms. The van der Waals surface area contributed by atoms with Crippen LogP contribution in [0.4, 0.5) is 5.69 Å². The summed E-state index contributed by atoms with van der Waals surface area (Å²) in [6, 6.07) is 9.29. The minimum atomic E-state index is -0.466. The van der Waals surface area contributed by atoms with Crippen molar-refractivity contribution in [1.29, 1.82) is 0 Å². The molecule has 0 amide bonds. The predicted molar refractivity (Wildman–Crippen MR) is 75.1 cm³/mol. The molecular weight excluding hydrogens is 289 g/mol. The number of halogens is 2. The first-order chi connectivity index (χ1) is 9.02. The van der Waals surface area contributed by atoms with E-state index >= 15 is 0 Å². The molecular formula is C13H9Cl2NO3. The monoisotopic (exact) mass is 297 g/mol. The maximum atomic E-state index is 11.1. The van der Waals surface area contributed by atoms with Gasteiger partial charge in [-0.25, -0.2) is 0 Å². The highest BCUT2D eigenvalue weighted by Crippen LogP contribution is 2.38. The molecule has 0 aromatic heterocycles. The molecule has 0 unspecified atom stereocenters. The molecule has 4 nitrogen and oxygen atoms in total. The minimum absolute atomic E-state index is 0.0510. The van der Waals surface area contributed by atoms with Gasteiger partial charge in [-0.1, -0.05) is 23.2 Å². The van der Waals surface area contributed by atoms with Gasteiger partial charge in [-0.05, 0) is 30.3 Å². The highest BCUT2D eigenvalue weighted by atomic mass is 35.5. The molecule has 0 bridgehead atoms. The predicted octanol–water partition coefficient (Wildman–Crippen LogP) is 4.58. The number of rotatable bonds is 3. The van der Waals surface area contributed by atoms with E-state index in [0.29, 0.717) is 26.9 Å². The third kappa shape index (κ3) is 2.80. The average Bonchev–Trinajstić information content (AvgIpc) is 2.40. The second-order valence-electron chi connectivity index (χ2n) is 3.76. The van der Waals surface area contributed by atoms with Gasteiger partial charge >= 0.3 is 0 Å². The Balaban J connectivity index is 2.71. The van der Waals surface area contributed by atoms with Gasteiger partial charge in [0.25, 0.3) is 5.69 Å². The van der Waals surface area contributed by atoms with E-state index in [4.69, 9.17) is 27.9 Å². The van der Waals surface area contributed by atoms with Gasteiger partial charge < -0.3 is 4.74 Å². The number of ether oxygens (including phenoxy) is 1. The lowest BCUT2D eigenvalue weighted by molar-refractivity contribution is -0.384. The van der Waals surface area contributed by atoms with Gasteiger partial charge in [0.05, 0.1) is 17.6 Å². The third-order valence-corrected chi connectivity index (χ3v) is 3.18. The molecule has 0 saturated heterocycles. The summed E-state index contributed by atoms with van der Waals surface area (Å²) >= 11 is 12.0. The topological polar surface area (TPSA) is 52.4 Å². The normalized spacial score (nSPS) is 10.3. The lowest BCUT2D eigenvalue weighted by Crippen LogP contribution is -1.94. The lowest BCUT2D eigenvalue weighted by atomic mass is 10.0. The van der Waals surface area contributed by atoms with Crippen LogP contribution in [0.5, 0.6) is 5.75 Å². The van der Waals surface area contributed by atoms with Gasteiger partial charge in [-0.15, -0.1) is 0 Å². The van der Waals surface area contributed by atoms with Crippen LogP contribution in [0.25, 0.3) is 11.1 Å². The molecule has 0 spiro atoms. The fraction of sp³-hybridized carbons (Fsp3) is 0.0769. The van der Waals surface area contributed by atoms with Gasteiger partial charge in [0, 0.05) is 21.7 Å². The summed E-state index contributed by atoms with van der Waals surface area (Å²) in [7, 11) is 1.49. The zero-order valence-corrected chi connectivity index (χ0v) is 11.4. The van der Waals surface area contributed by atoms with Gasteiger partial charge in [-0.3, -0.25) is 10.1 Å². The maximum absolute atomic E-state index is 11.1. The number of nitro groups is 1. The number of hydrogen-bond donors (Lipinski definition) is 0. The molecule has 2 aromatic carbocycles. The van der Waals surface area contributed by atoms with Crippen LogP contribution in [0.15, 0.2) is 36.4 Å². The standard InChI is InChI=1S/C13H9Cl2NO3/c1-19-9-3-5-13(16(17)18)11(7-9)10-6-8(14)2-4-12(10)15/h2-7H,1H3. The SMILES string of the molecule is COc1ccc([N+](=O)[O-])c(-c2cc(Cl)ccc2Cl)c1. The van der Waals surface area contributed by atoms with Crippen LogP contribution in [0, 0.1) is 10.1 Å². The quantitative estimate of drug-likeness (QED) is 0.615. The Kier molecular flexibility index (Phi) is 3.93. The van der Waals surface area contributed by atoms with Crippen molar-refractivity contribution in [1.82, 2.24) is 0 Å². The smallest absolute Gasteiger partial charge is 0.277 e. The molecule has 0 atom stereocenters. The molecule has 2 rings (SSSR count). The van der Waals surface area contributed by atoms with Gasteiger partial charge in [0.2, 0.25) is 0 Å². The summed E-state index contributed by atoms with van der Waals surface area (Å²) in [5.74, 6) is 0.511. The molecule has 6 heteroatoms. The number of hydrogen-bond acceptors (Lipinski definition) is 3. The minimum Gasteiger partial charge on any atom is -0.497 e. The zero-order valence-electron chi connectivity index (χ0n) is 9.89. The van der Waals surface area contributed by atoms with E-state index in [0.717, 1.165) is 0 Å². The summed E-state index contributed by atoms with van der Waals surface area (Å²) < 4.78 is 5.08.